The first-order chi connectivity index (χ1) is 14.4. The molecule has 7 heteroatoms. The van der Waals surface area contributed by atoms with Gasteiger partial charge in [0.15, 0.2) is 0 Å². The molecule has 0 bridgehead atoms. The van der Waals surface area contributed by atoms with E-state index >= 15 is 0 Å². The fourth-order valence-corrected chi connectivity index (χ4v) is 3.60. The average molecular weight is 404 g/mol. The van der Waals surface area contributed by atoms with Crippen LogP contribution >= 0.6 is 0 Å². The molecule has 30 heavy (non-hydrogen) atoms. The van der Waals surface area contributed by atoms with Crippen LogP contribution in [0, 0.1) is 19.7 Å². The van der Waals surface area contributed by atoms with Gasteiger partial charge in [-0.15, -0.1) is 0 Å². The van der Waals surface area contributed by atoms with Crippen LogP contribution in [0.2, 0.25) is 0 Å². The van der Waals surface area contributed by atoms with Crippen LogP contribution < -0.4 is 10.9 Å². The molecule has 0 aliphatic rings. The van der Waals surface area contributed by atoms with Gasteiger partial charge >= 0.3 is 0 Å². The van der Waals surface area contributed by atoms with Gasteiger partial charge < -0.3 is 5.32 Å². The van der Waals surface area contributed by atoms with E-state index in [9.17, 15) is 14.0 Å². The van der Waals surface area contributed by atoms with Crippen LogP contribution in [0.15, 0.2) is 65.5 Å². The highest BCUT2D eigenvalue weighted by Crippen LogP contribution is 2.24. The van der Waals surface area contributed by atoms with E-state index in [-0.39, 0.29) is 18.0 Å². The highest BCUT2D eigenvalue weighted by molar-refractivity contribution is 5.85. The fourth-order valence-electron chi connectivity index (χ4n) is 3.60. The topological polar surface area (TPSA) is 68.9 Å². The number of rotatable bonds is 5. The summed E-state index contributed by atoms with van der Waals surface area (Å²) < 4.78 is 16.7. The lowest BCUT2D eigenvalue weighted by molar-refractivity contribution is -0.121. The molecule has 6 nitrogen and oxygen atoms in total. The van der Waals surface area contributed by atoms with E-state index in [1.54, 1.807) is 12.1 Å². The molecule has 1 amide bonds. The molecule has 2 heterocycles. The van der Waals surface area contributed by atoms with Crippen LogP contribution in [0.25, 0.3) is 16.7 Å². The molecule has 1 N–H and O–H groups in total. The van der Waals surface area contributed by atoms with Crippen molar-refractivity contribution in [2.24, 2.45) is 0 Å². The first-order valence-corrected chi connectivity index (χ1v) is 9.60. The maximum absolute atomic E-state index is 13.8. The molecule has 2 aromatic heterocycles. The maximum atomic E-state index is 13.8. The van der Waals surface area contributed by atoms with E-state index in [0.29, 0.717) is 23.6 Å². The normalized spacial score (nSPS) is 11.0. The number of carbonyl (C=O) groups is 1. The summed E-state index contributed by atoms with van der Waals surface area (Å²) in [4.78, 5) is 25.4. The van der Waals surface area contributed by atoms with Gasteiger partial charge in [-0.05, 0) is 43.2 Å². The number of hydrogen-bond donors (Lipinski definition) is 1. The van der Waals surface area contributed by atoms with Crippen molar-refractivity contribution in [3.05, 3.63) is 93.7 Å². The zero-order valence-electron chi connectivity index (χ0n) is 16.7. The maximum Gasteiger partial charge on any atom is 0.252 e. The second-order valence-electron chi connectivity index (χ2n) is 7.19. The minimum absolute atomic E-state index is 0.164. The molecule has 2 aromatic carbocycles. The van der Waals surface area contributed by atoms with Crippen LogP contribution in [0.4, 0.5) is 4.39 Å². The summed E-state index contributed by atoms with van der Waals surface area (Å²) in [5.74, 6) is -0.702. The number of hydrogen-bond acceptors (Lipinski definition) is 3. The number of benzene rings is 2. The second-order valence-corrected chi connectivity index (χ2v) is 7.19. The third kappa shape index (κ3) is 3.74. The predicted octanol–water partition coefficient (Wildman–Crippen LogP) is 3.26. The van der Waals surface area contributed by atoms with Gasteiger partial charge in [-0.2, -0.15) is 5.10 Å². The van der Waals surface area contributed by atoms with Gasteiger partial charge in [0.25, 0.3) is 5.56 Å². The summed E-state index contributed by atoms with van der Waals surface area (Å²) in [6, 6.07) is 17.0. The number of amides is 1. The predicted molar refractivity (Wildman–Crippen MR) is 113 cm³/mol. The van der Waals surface area contributed by atoms with Gasteiger partial charge in [0.1, 0.15) is 18.0 Å². The summed E-state index contributed by atoms with van der Waals surface area (Å²) in [5, 5.41) is 8.14. The zero-order chi connectivity index (χ0) is 21.3. The van der Waals surface area contributed by atoms with Crippen molar-refractivity contribution < 1.29 is 9.18 Å². The number of aromatic nitrogens is 3. The van der Waals surface area contributed by atoms with Gasteiger partial charge in [0.2, 0.25) is 5.91 Å². The van der Waals surface area contributed by atoms with Crippen LogP contribution in [0.3, 0.4) is 0 Å². The summed E-state index contributed by atoms with van der Waals surface area (Å²) >= 11 is 0. The SMILES string of the molecule is Cc1cc(=O)n(CC(=O)NCc2ccccc2)c2c1c(C)nn2-c1cccc(F)c1. The van der Waals surface area contributed by atoms with E-state index in [1.165, 1.54) is 27.4 Å². The quantitative estimate of drug-likeness (QED) is 0.555. The first-order valence-electron chi connectivity index (χ1n) is 9.60. The third-order valence-corrected chi connectivity index (χ3v) is 4.98. The molecule has 0 aliphatic heterocycles. The molecule has 0 radical (unpaired) electrons. The van der Waals surface area contributed by atoms with Crippen LogP contribution in [-0.2, 0) is 17.9 Å². The number of nitrogens with zero attached hydrogens (tertiary/aromatic N) is 3. The van der Waals surface area contributed by atoms with Gasteiger partial charge in [0, 0.05) is 18.0 Å². The van der Waals surface area contributed by atoms with Crippen molar-refractivity contribution in [3.63, 3.8) is 0 Å². The van der Waals surface area contributed by atoms with Crippen molar-refractivity contribution in [2.75, 3.05) is 0 Å². The number of nitrogens with one attached hydrogen (secondary N) is 1. The largest absolute Gasteiger partial charge is 0.350 e. The van der Waals surface area contributed by atoms with Crippen molar-refractivity contribution in [3.8, 4) is 5.69 Å². The van der Waals surface area contributed by atoms with Crippen molar-refractivity contribution >= 4 is 16.9 Å². The molecule has 4 rings (SSSR count). The van der Waals surface area contributed by atoms with Crippen LogP contribution in [-0.4, -0.2) is 20.3 Å². The van der Waals surface area contributed by atoms with E-state index in [4.69, 9.17) is 0 Å². The zero-order valence-corrected chi connectivity index (χ0v) is 16.7. The lowest BCUT2D eigenvalue weighted by Gasteiger charge is -2.12. The van der Waals surface area contributed by atoms with Gasteiger partial charge in [0.05, 0.1) is 11.4 Å². The first kappa shape index (κ1) is 19.6. The monoisotopic (exact) mass is 404 g/mol. The Hall–Kier alpha value is -3.74. The van der Waals surface area contributed by atoms with E-state index in [0.717, 1.165) is 16.5 Å². The average Bonchev–Trinajstić information content (AvgIpc) is 3.08. The minimum atomic E-state index is -0.407. The standard InChI is InChI=1S/C23H21FN4O2/c1-15-11-21(30)27(14-20(29)25-13-17-7-4-3-5-8-17)23-22(15)16(2)26-28(23)19-10-6-9-18(24)12-19/h3-12H,13-14H2,1-2H3,(H,25,29). The highest BCUT2D eigenvalue weighted by atomic mass is 19.1. The Bertz CT molecular complexity index is 1290. The molecule has 0 spiro atoms. The summed E-state index contributed by atoms with van der Waals surface area (Å²) in [7, 11) is 0. The number of fused-ring (bicyclic) bond motifs is 1. The van der Waals surface area contributed by atoms with Crippen molar-refractivity contribution in [2.45, 2.75) is 26.9 Å². The Labute approximate surface area is 172 Å². The smallest absolute Gasteiger partial charge is 0.252 e. The highest BCUT2D eigenvalue weighted by Gasteiger charge is 2.18. The lowest BCUT2D eigenvalue weighted by atomic mass is 10.1. The Balaban J connectivity index is 1.75. The summed E-state index contributed by atoms with van der Waals surface area (Å²) in [6.45, 7) is 3.86. The Kier molecular flexibility index (Phi) is 5.18. The summed E-state index contributed by atoms with van der Waals surface area (Å²) in [5.41, 5.74) is 3.07. The lowest BCUT2D eigenvalue weighted by Crippen LogP contribution is -2.32. The third-order valence-electron chi connectivity index (χ3n) is 4.98. The van der Waals surface area contributed by atoms with Crippen LogP contribution in [0.5, 0.6) is 0 Å². The van der Waals surface area contributed by atoms with Gasteiger partial charge in [-0.25, -0.2) is 9.07 Å². The molecular weight excluding hydrogens is 383 g/mol. The molecule has 0 aliphatic carbocycles. The number of halogens is 1. The van der Waals surface area contributed by atoms with Gasteiger partial charge in [-0.3, -0.25) is 14.2 Å². The van der Waals surface area contributed by atoms with E-state index in [2.05, 4.69) is 10.4 Å². The Morgan fingerprint density at radius 3 is 2.57 bits per heavy atom. The van der Waals surface area contributed by atoms with E-state index in [1.807, 2.05) is 44.2 Å². The van der Waals surface area contributed by atoms with Crippen molar-refractivity contribution in [1.82, 2.24) is 19.7 Å². The molecule has 0 atom stereocenters. The molecule has 152 valence electrons. The molecule has 0 saturated carbocycles. The molecule has 0 saturated heterocycles. The molecule has 0 unspecified atom stereocenters. The number of aryl methyl sites for hydroxylation is 2. The summed E-state index contributed by atoms with van der Waals surface area (Å²) in [6.07, 6.45) is 0. The molecule has 4 aromatic rings. The number of pyridine rings is 1. The minimum Gasteiger partial charge on any atom is -0.350 e. The van der Waals surface area contributed by atoms with Crippen LogP contribution in [0.1, 0.15) is 16.8 Å². The Morgan fingerprint density at radius 2 is 1.83 bits per heavy atom. The molecular formula is C23H21FN4O2. The van der Waals surface area contributed by atoms with Crippen molar-refractivity contribution in [1.29, 1.82) is 0 Å². The second kappa shape index (κ2) is 7.94. The fraction of sp³-hybridized carbons (Fsp3) is 0.174. The van der Waals surface area contributed by atoms with E-state index < -0.39 is 5.82 Å². The van der Waals surface area contributed by atoms with Gasteiger partial charge in [-0.1, -0.05) is 36.4 Å². The number of carbonyl (C=O) groups excluding carboxylic acids is 1. The Morgan fingerprint density at radius 1 is 1.07 bits per heavy atom. The molecule has 0 fully saturated rings.